The molecule has 2 aromatic carbocycles. The van der Waals surface area contributed by atoms with Crippen LogP contribution in [0, 0.1) is 0 Å². The molecule has 0 aliphatic carbocycles. The number of rotatable bonds is 5. The summed E-state index contributed by atoms with van der Waals surface area (Å²) in [6.45, 7) is 1.59. The molecule has 1 heterocycles. The van der Waals surface area contributed by atoms with Crippen molar-refractivity contribution in [1.29, 1.82) is 0 Å². The smallest absolute Gasteiger partial charge is 0.253 e. The molecule has 0 bridgehead atoms. The second kappa shape index (κ2) is 8.07. The average molecular weight is 387 g/mol. The third-order valence-electron chi connectivity index (χ3n) is 3.54. The van der Waals surface area contributed by atoms with Gasteiger partial charge in [0, 0.05) is 5.56 Å². The molecule has 0 radical (unpaired) electrons. The van der Waals surface area contributed by atoms with E-state index in [2.05, 4.69) is 20.8 Å². The van der Waals surface area contributed by atoms with Crippen molar-refractivity contribution >= 4 is 39.9 Å². The molecule has 3 aromatic rings. The van der Waals surface area contributed by atoms with Gasteiger partial charge >= 0.3 is 0 Å². The molecule has 0 aliphatic rings. The number of nitrogens with zero attached hydrogens (tertiary/aromatic N) is 2. The van der Waals surface area contributed by atoms with Crippen LogP contribution in [0.3, 0.4) is 0 Å². The van der Waals surface area contributed by atoms with Gasteiger partial charge in [0.2, 0.25) is 11.0 Å². The highest BCUT2D eigenvalue weighted by atomic mass is 35.5. The van der Waals surface area contributed by atoms with Gasteiger partial charge in [0.05, 0.1) is 10.6 Å². The van der Waals surface area contributed by atoms with Crippen LogP contribution in [0.5, 0.6) is 0 Å². The van der Waals surface area contributed by atoms with Crippen molar-refractivity contribution in [3.05, 3.63) is 65.2 Å². The van der Waals surface area contributed by atoms with Crippen LogP contribution >= 0.6 is 22.9 Å². The number of carbonyl (C=O) groups excluding carboxylic acids is 2. The SMILES string of the molecule is C[C@H](NC(=O)c1ccccc1Cl)C(=O)Nc1nnc(-c2ccccc2)s1. The largest absolute Gasteiger partial charge is 0.340 e. The number of aromatic nitrogens is 2. The van der Waals surface area contributed by atoms with Gasteiger partial charge in [-0.25, -0.2) is 0 Å². The van der Waals surface area contributed by atoms with E-state index < -0.39 is 11.9 Å². The van der Waals surface area contributed by atoms with E-state index in [1.54, 1.807) is 31.2 Å². The minimum absolute atomic E-state index is 0.316. The number of hydrogen-bond acceptors (Lipinski definition) is 5. The fourth-order valence-electron chi connectivity index (χ4n) is 2.17. The van der Waals surface area contributed by atoms with Gasteiger partial charge in [-0.15, -0.1) is 10.2 Å². The maximum absolute atomic E-state index is 12.3. The summed E-state index contributed by atoms with van der Waals surface area (Å²) in [5.74, 6) is -0.804. The lowest BCUT2D eigenvalue weighted by Crippen LogP contribution is -2.41. The first-order valence-corrected chi connectivity index (χ1v) is 8.99. The molecule has 3 rings (SSSR count). The minimum Gasteiger partial charge on any atom is -0.340 e. The zero-order chi connectivity index (χ0) is 18.5. The summed E-state index contributed by atoms with van der Waals surface area (Å²) in [6, 6.07) is 15.4. The molecule has 1 atom stereocenters. The Morgan fingerprint density at radius 1 is 1.04 bits per heavy atom. The Labute approximate surface area is 159 Å². The highest BCUT2D eigenvalue weighted by molar-refractivity contribution is 7.18. The summed E-state index contributed by atoms with van der Waals surface area (Å²) in [6.07, 6.45) is 0. The van der Waals surface area contributed by atoms with Crippen LogP contribution in [0.4, 0.5) is 5.13 Å². The number of amides is 2. The van der Waals surface area contributed by atoms with Gasteiger partial charge in [-0.05, 0) is 19.1 Å². The van der Waals surface area contributed by atoms with Gasteiger partial charge in [-0.3, -0.25) is 14.9 Å². The predicted octanol–water partition coefficient (Wildman–Crippen LogP) is 3.62. The van der Waals surface area contributed by atoms with Gasteiger partial charge in [-0.1, -0.05) is 65.4 Å². The molecule has 0 fully saturated rings. The maximum atomic E-state index is 12.3. The Balaban J connectivity index is 1.62. The Hall–Kier alpha value is -2.77. The molecule has 2 amide bonds. The molecule has 6 nitrogen and oxygen atoms in total. The first-order valence-electron chi connectivity index (χ1n) is 7.80. The Morgan fingerprint density at radius 3 is 2.46 bits per heavy atom. The summed E-state index contributed by atoms with van der Waals surface area (Å²) in [5.41, 5.74) is 1.24. The summed E-state index contributed by atoms with van der Waals surface area (Å²) in [7, 11) is 0. The lowest BCUT2D eigenvalue weighted by Gasteiger charge is -2.13. The standard InChI is InChI=1S/C18H15ClN4O2S/c1-11(20-16(25)13-9-5-6-10-14(13)19)15(24)21-18-23-22-17(26-18)12-7-3-2-4-8-12/h2-11H,1H3,(H,20,25)(H,21,23,24)/t11-/m0/s1. The molecule has 8 heteroatoms. The van der Waals surface area contributed by atoms with E-state index in [1.165, 1.54) is 11.3 Å². The van der Waals surface area contributed by atoms with E-state index in [-0.39, 0.29) is 5.91 Å². The normalized spacial score (nSPS) is 11.6. The van der Waals surface area contributed by atoms with Crippen LogP contribution in [-0.4, -0.2) is 28.1 Å². The summed E-state index contributed by atoms with van der Waals surface area (Å²) in [4.78, 5) is 24.5. The van der Waals surface area contributed by atoms with Gasteiger partial charge in [0.25, 0.3) is 5.91 Å². The van der Waals surface area contributed by atoms with E-state index >= 15 is 0 Å². The Morgan fingerprint density at radius 2 is 1.73 bits per heavy atom. The molecule has 0 saturated heterocycles. The van der Waals surface area contributed by atoms with Crippen LogP contribution in [0.25, 0.3) is 10.6 Å². The Kier molecular flexibility index (Phi) is 5.60. The molecular formula is C18H15ClN4O2S. The summed E-state index contributed by atoms with van der Waals surface area (Å²) in [5, 5.41) is 14.7. The van der Waals surface area contributed by atoms with Crippen molar-refractivity contribution in [2.75, 3.05) is 5.32 Å². The van der Waals surface area contributed by atoms with Crippen molar-refractivity contribution in [3.63, 3.8) is 0 Å². The third kappa shape index (κ3) is 4.25. The lowest BCUT2D eigenvalue weighted by molar-refractivity contribution is -0.117. The second-order valence-electron chi connectivity index (χ2n) is 5.44. The molecule has 1 aromatic heterocycles. The molecule has 0 spiro atoms. The number of carbonyl (C=O) groups is 2. The number of hydrogen-bond donors (Lipinski definition) is 2. The van der Waals surface area contributed by atoms with Crippen LogP contribution < -0.4 is 10.6 Å². The number of halogens is 1. The average Bonchev–Trinajstić information content (AvgIpc) is 3.11. The van der Waals surface area contributed by atoms with Crippen LogP contribution in [0.15, 0.2) is 54.6 Å². The number of nitrogens with one attached hydrogen (secondary N) is 2. The van der Waals surface area contributed by atoms with Crippen LogP contribution in [0.1, 0.15) is 17.3 Å². The van der Waals surface area contributed by atoms with Crippen molar-refractivity contribution in [3.8, 4) is 10.6 Å². The number of benzene rings is 2. The summed E-state index contributed by atoms with van der Waals surface area (Å²) >= 11 is 7.26. The quantitative estimate of drug-likeness (QED) is 0.701. The molecule has 132 valence electrons. The van der Waals surface area contributed by atoms with E-state index in [0.29, 0.717) is 20.7 Å². The molecule has 0 aliphatic heterocycles. The third-order valence-corrected chi connectivity index (χ3v) is 4.75. The van der Waals surface area contributed by atoms with Crippen molar-refractivity contribution in [2.24, 2.45) is 0 Å². The zero-order valence-corrected chi connectivity index (χ0v) is 15.3. The topological polar surface area (TPSA) is 84.0 Å². The fraction of sp³-hybridized carbons (Fsp3) is 0.111. The second-order valence-corrected chi connectivity index (χ2v) is 6.83. The molecule has 26 heavy (non-hydrogen) atoms. The van der Waals surface area contributed by atoms with E-state index in [4.69, 9.17) is 11.6 Å². The van der Waals surface area contributed by atoms with Gasteiger partial charge < -0.3 is 5.32 Å². The van der Waals surface area contributed by atoms with Crippen LogP contribution in [-0.2, 0) is 4.79 Å². The Bertz CT molecular complexity index is 930. The van der Waals surface area contributed by atoms with E-state index in [1.807, 2.05) is 30.3 Å². The lowest BCUT2D eigenvalue weighted by atomic mass is 10.2. The van der Waals surface area contributed by atoms with Crippen LogP contribution in [0.2, 0.25) is 5.02 Å². The first kappa shape index (κ1) is 18.0. The number of anilines is 1. The fourth-order valence-corrected chi connectivity index (χ4v) is 3.14. The predicted molar refractivity (Wildman–Crippen MR) is 102 cm³/mol. The monoisotopic (exact) mass is 386 g/mol. The maximum Gasteiger partial charge on any atom is 0.253 e. The summed E-state index contributed by atoms with van der Waals surface area (Å²) < 4.78 is 0. The van der Waals surface area contributed by atoms with Gasteiger partial charge in [-0.2, -0.15) is 0 Å². The molecule has 2 N–H and O–H groups in total. The van der Waals surface area contributed by atoms with Gasteiger partial charge in [0.1, 0.15) is 11.0 Å². The van der Waals surface area contributed by atoms with Crippen molar-refractivity contribution < 1.29 is 9.59 Å². The highest BCUT2D eigenvalue weighted by Gasteiger charge is 2.19. The highest BCUT2D eigenvalue weighted by Crippen LogP contribution is 2.25. The van der Waals surface area contributed by atoms with E-state index in [9.17, 15) is 9.59 Å². The molecule has 0 saturated carbocycles. The minimum atomic E-state index is -0.761. The first-order chi connectivity index (χ1) is 12.5. The van der Waals surface area contributed by atoms with E-state index in [0.717, 1.165) is 5.56 Å². The molecular weight excluding hydrogens is 372 g/mol. The van der Waals surface area contributed by atoms with Crippen molar-refractivity contribution in [1.82, 2.24) is 15.5 Å². The van der Waals surface area contributed by atoms with Crippen molar-refractivity contribution in [2.45, 2.75) is 13.0 Å². The molecule has 0 unspecified atom stereocenters. The zero-order valence-electron chi connectivity index (χ0n) is 13.8. The van der Waals surface area contributed by atoms with Gasteiger partial charge in [0.15, 0.2) is 0 Å².